The molecule has 0 atom stereocenters. The van der Waals surface area contributed by atoms with Gasteiger partial charge in [0.25, 0.3) is 0 Å². The quantitative estimate of drug-likeness (QED) is 0.848. The second kappa shape index (κ2) is 9.05. The van der Waals surface area contributed by atoms with Gasteiger partial charge in [0.05, 0.1) is 13.1 Å². The number of carbonyl (C=O) groups excluding carboxylic acids is 2. The fourth-order valence-electron chi connectivity index (χ4n) is 2.86. The van der Waals surface area contributed by atoms with E-state index < -0.39 is 0 Å². The van der Waals surface area contributed by atoms with Gasteiger partial charge in [-0.2, -0.15) is 0 Å². The predicted molar refractivity (Wildman–Crippen MR) is 102 cm³/mol. The molecule has 1 aliphatic heterocycles. The first kappa shape index (κ1) is 18.7. The average molecular weight is 369 g/mol. The third-order valence-corrected chi connectivity index (χ3v) is 4.17. The van der Waals surface area contributed by atoms with E-state index in [9.17, 15) is 9.59 Å². The number of urea groups is 1. The molecule has 3 rings (SSSR count). The van der Waals surface area contributed by atoms with Gasteiger partial charge in [-0.05, 0) is 23.8 Å². The Balaban J connectivity index is 1.65. The maximum Gasteiger partial charge on any atom is 0.318 e. The van der Waals surface area contributed by atoms with Gasteiger partial charge in [0, 0.05) is 24.9 Å². The van der Waals surface area contributed by atoms with Crippen molar-refractivity contribution in [3.63, 3.8) is 0 Å². The van der Waals surface area contributed by atoms with Crippen molar-refractivity contribution >= 4 is 17.6 Å². The molecule has 0 aromatic heterocycles. The summed E-state index contributed by atoms with van der Waals surface area (Å²) in [5, 5.41) is 5.70. The van der Waals surface area contributed by atoms with Crippen LogP contribution in [-0.4, -0.2) is 43.7 Å². The summed E-state index contributed by atoms with van der Waals surface area (Å²) in [6.07, 6.45) is 0. The van der Waals surface area contributed by atoms with Crippen LogP contribution in [0.3, 0.4) is 0 Å². The minimum absolute atomic E-state index is 0.0123. The van der Waals surface area contributed by atoms with Crippen LogP contribution in [0.5, 0.6) is 5.75 Å². The number of nitrogens with zero attached hydrogens (tertiary/aromatic N) is 1. The fraction of sp³-hybridized carbons (Fsp3) is 0.300. The number of rotatable bonds is 5. The number of methoxy groups -OCH3 is 1. The highest BCUT2D eigenvalue weighted by Gasteiger charge is 2.20. The zero-order chi connectivity index (χ0) is 19.1. The molecular weight excluding hydrogens is 346 g/mol. The first-order valence-electron chi connectivity index (χ1n) is 8.77. The highest BCUT2D eigenvalue weighted by Crippen LogP contribution is 2.26. The molecular formula is C20H23N3O4. The molecule has 0 fully saturated rings. The van der Waals surface area contributed by atoms with Crippen LogP contribution in [0.1, 0.15) is 11.1 Å². The first-order valence-corrected chi connectivity index (χ1v) is 8.77. The van der Waals surface area contributed by atoms with E-state index in [1.807, 2.05) is 42.5 Å². The molecule has 2 aromatic carbocycles. The maximum atomic E-state index is 12.6. The van der Waals surface area contributed by atoms with Crippen molar-refractivity contribution in [1.29, 1.82) is 0 Å². The van der Waals surface area contributed by atoms with Gasteiger partial charge in [0.15, 0.2) is 0 Å². The molecule has 0 unspecified atom stereocenters. The molecule has 1 heterocycles. The Labute approximate surface area is 158 Å². The molecule has 3 amide bonds. The van der Waals surface area contributed by atoms with Crippen LogP contribution in [0.2, 0.25) is 0 Å². The summed E-state index contributed by atoms with van der Waals surface area (Å²) >= 11 is 0. The number of carbonyl (C=O) groups is 2. The molecule has 0 bridgehead atoms. The molecule has 142 valence electrons. The third-order valence-electron chi connectivity index (χ3n) is 4.17. The van der Waals surface area contributed by atoms with Crippen LogP contribution in [0.4, 0.5) is 10.5 Å². The maximum absolute atomic E-state index is 12.6. The second-order valence-corrected chi connectivity index (χ2v) is 6.22. The van der Waals surface area contributed by atoms with E-state index in [1.165, 1.54) is 7.11 Å². The largest absolute Gasteiger partial charge is 0.491 e. The Bertz CT molecular complexity index is 795. The van der Waals surface area contributed by atoms with Crippen molar-refractivity contribution in [2.45, 2.75) is 13.1 Å². The van der Waals surface area contributed by atoms with E-state index in [0.29, 0.717) is 31.9 Å². The summed E-state index contributed by atoms with van der Waals surface area (Å²) in [7, 11) is 1.47. The first-order chi connectivity index (χ1) is 13.2. The number of benzene rings is 2. The Hall–Kier alpha value is -3.06. The van der Waals surface area contributed by atoms with Crippen LogP contribution in [0.15, 0.2) is 48.5 Å². The number of nitrogens with one attached hydrogen (secondary N) is 2. The summed E-state index contributed by atoms with van der Waals surface area (Å²) in [5.41, 5.74) is 2.53. The van der Waals surface area contributed by atoms with Gasteiger partial charge in [-0.15, -0.1) is 0 Å². The number of ether oxygens (including phenoxy) is 2. The normalized spacial score (nSPS) is 13.1. The third kappa shape index (κ3) is 5.21. The topological polar surface area (TPSA) is 79.9 Å². The number of hydrogen-bond donors (Lipinski definition) is 2. The lowest BCUT2D eigenvalue weighted by atomic mass is 10.1. The number of fused-ring (bicyclic) bond motifs is 1. The van der Waals surface area contributed by atoms with Gasteiger partial charge in [-0.3, -0.25) is 4.79 Å². The minimum Gasteiger partial charge on any atom is -0.491 e. The zero-order valence-electron chi connectivity index (χ0n) is 15.2. The van der Waals surface area contributed by atoms with Crippen LogP contribution in [-0.2, 0) is 22.6 Å². The van der Waals surface area contributed by atoms with E-state index in [4.69, 9.17) is 9.47 Å². The summed E-state index contributed by atoms with van der Waals surface area (Å²) in [5.74, 6) is 0.488. The van der Waals surface area contributed by atoms with E-state index in [0.717, 1.165) is 16.9 Å². The van der Waals surface area contributed by atoms with E-state index in [1.54, 1.807) is 11.0 Å². The molecule has 0 spiro atoms. The van der Waals surface area contributed by atoms with Gasteiger partial charge in [-0.25, -0.2) is 4.79 Å². The summed E-state index contributed by atoms with van der Waals surface area (Å²) in [6, 6.07) is 15.0. The van der Waals surface area contributed by atoms with Crippen molar-refractivity contribution in [2.24, 2.45) is 0 Å². The Kier molecular flexibility index (Phi) is 6.27. The lowest BCUT2D eigenvalue weighted by Crippen LogP contribution is -2.40. The van der Waals surface area contributed by atoms with E-state index >= 15 is 0 Å². The minimum atomic E-state index is -0.232. The molecule has 0 aliphatic carbocycles. The molecule has 0 saturated heterocycles. The molecule has 0 saturated carbocycles. The van der Waals surface area contributed by atoms with Crippen molar-refractivity contribution < 1.29 is 19.1 Å². The standard InChI is InChI=1S/C20H23N3O4/c1-26-14-19(24)22-17-7-8-18-16(11-17)13-23(9-10-27-18)20(25)21-12-15-5-3-2-4-6-15/h2-8,11H,9-10,12-14H2,1H3,(H,21,25)(H,22,24). The van der Waals surface area contributed by atoms with Crippen molar-refractivity contribution in [3.8, 4) is 5.75 Å². The predicted octanol–water partition coefficient (Wildman–Crippen LogP) is 2.38. The highest BCUT2D eigenvalue weighted by atomic mass is 16.5. The van der Waals surface area contributed by atoms with Gasteiger partial charge in [-0.1, -0.05) is 30.3 Å². The van der Waals surface area contributed by atoms with Crippen molar-refractivity contribution in [3.05, 3.63) is 59.7 Å². The van der Waals surface area contributed by atoms with Crippen molar-refractivity contribution in [1.82, 2.24) is 10.2 Å². The molecule has 7 heteroatoms. The van der Waals surface area contributed by atoms with Crippen molar-refractivity contribution in [2.75, 3.05) is 32.2 Å². The highest BCUT2D eigenvalue weighted by molar-refractivity contribution is 5.91. The number of hydrogen-bond acceptors (Lipinski definition) is 4. The molecule has 0 radical (unpaired) electrons. The Morgan fingerprint density at radius 3 is 2.78 bits per heavy atom. The SMILES string of the molecule is COCC(=O)Nc1ccc2c(c1)CN(C(=O)NCc1ccccc1)CCO2. The number of anilines is 1. The molecule has 2 N–H and O–H groups in total. The zero-order valence-corrected chi connectivity index (χ0v) is 15.2. The summed E-state index contributed by atoms with van der Waals surface area (Å²) < 4.78 is 10.6. The summed E-state index contributed by atoms with van der Waals surface area (Å²) in [4.78, 5) is 26.0. The van der Waals surface area contributed by atoms with Crippen LogP contribution in [0, 0.1) is 0 Å². The molecule has 1 aliphatic rings. The van der Waals surface area contributed by atoms with Gasteiger partial charge >= 0.3 is 6.03 Å². The molecule has 2 aromatic rings. The van der Waals surface area contributed by atoms with Gasteiger partial charge < -0.3 is 25.0 Å². The number of amides is 3. The lowest BCUT2D eigenvalue weighted by Gasteiger charge is -2.20. The second-order valence-electron chi connectivity index (χ2n) is 6.22. The molecule has 7 nitrogen and oxygen atoms in total. The smallest absolute Gasteiger partial charge is 0.318 e. The Morgan fingerprint density at radius 1 is 1.19 bits per heavy atom. The van der Waals surface area contributed by atoms with Crippen LogP contribution >= 0.6 is 0 Å². The van der Waals surface area contributed by atoms with Gasteiger partial charge in [0.2, 0.25) is 5.91 Å². The van der Waals surface area contributed by atoms with Crippen LogP contribution < -0.4 is 15.4 Å². The van der Waals surface area contributed by atoms with E-state index in [-0.39, 0.29) is 18.5 Å². The lowest BCUT2D eigenvalue weighted by molar-refractivity contribution is -0.119. The molecule has 27 heavy (non-hydrogen) atoms. The fourth-order valence-corrected chi connectivity index (χ4v) is 2.86. The monoisotopic (exact) mass is 369 g/mol. The van der Waals surface area contributed by atoms with Gasteiger partial charge in [0.1, 0.15) is 19.0 Å². The van der Waals surface area contributed by atoms with E-state index in [2.05, 4.69) is 10.6 Å². The average Bonchev–Trinajstić information content (AvgIpc) is 2.89. The van der Waals surface area contributed by atoms with Crippen LogP contribution in [0.25, 0.3) is 0 Å². The summed E-state index contributed by atoms with van der Waals surface area (Å²) in [6.45, 7) is 1.77. The Morgan fingerprint density at radius 2 is 2.00 bits per heavy atom.